The van der Waals surface area contributed by atoms with Crippen molar-refractivity contribution in [3.05, 3.63) is 42.7 Å². The Hall–Kier alpha value is -3.70. The monoisotopic (exact) mass is 472 g/mol. The van der Waals surface area contributed by atoms with Crippen molar-refractivity contribution in [1.29, 1.82) is 0 Å². The predicted molar refractivity (Wildman–Crippen MR) is 118 cm³/mol. The van der Waals surface area contributed by atoms with Gasteiger partial charge in [0.1, 0.15) is 17.6 Å². The molecule has 0 amide bonds. The van der Waals surface area contributed by atoms with Gasteiger partial charge in [-0.25, -0.2) is 15.0 Å². The molecule has 1 fully saturated rings. The van der Waals surface area contributed by atoms with Gasteiger partial charge in [0, 0.05) is 55.9 Å². The molecule has 1 aliphatic carbocycles. The summed E-state index contributed by atoms with van der Waals surface area (Å²) in [5.74, 6) is 0.261. The molecule has 0 unspecified atom stereocenters. The third-order valence-electron chi connectivity index (χ3n) is 6.03. The Labute approximate surface area is 193 Å². The van der Waals surface area contributed by atoms with Crippen LogP contribution in [-0.4, -0.2) is 47.7 Å². The van der Waals surface area contributed by atoms with Crippen molar-refractivity contribution in [2.24, 2.45) is 7.05 Å². The topological polar surface area (TPSA) is 95.6 Å². The second kappa shape index (κ2) is 8.58. The third kappa shape index (κ3) is 4.15. The fraction of sp³-hybridized carbons (Fsp3) is 0.409. The van der Waals surface area contributed by atoms with Crippen molar-refractivity contribution < 1.29 is 17.9 Å². The summed E-state index contributed by atoms with van der Waals surface area (Å²) in [7, 11) is 3.66. The summed E-state index contributed by atoms with van der Waals surface area (Å²) in [6.07, 6.45) is 5.26. The summed E-state index contributed by atoms with van der Waals surface area (Å²) in [6, 6.07) is 2.03. The van der Waals surface area contributed by atoms with Crippen LogP contribution in [0.5, 0.6) is 5.88 Å². The summed E-state index contributed by atoms with van der Waals surface area (Å²) in [4.78, 5) is 11.6. The zero-order valence-corrected chi connectivity index (χ0v) is 18.6. The number of nitrogens with one attached hydrogen (secondary N) is 1. The minimum atomic E-state index is -4.61. The lowest BCUT2D eigenvalue weighted by Crippen LogP contribution is -2.27. The molecule has 0 bridgehead atoms. The number of fused-ring (bicyclic) bond motifs is 1. The molecule has 0 spiro atoms. The molecule has 34 heavy (non-hydrogen) atoms. The van der Waals surface area contributed by atoms with Crippen LogP contribution in [-0.2, 0) is 13.2 Å². The molecule has 1 saturated carbocycles. The van der Waals surface area contributed by atoms with Crippen molar-refractivity contribution in [3.8, 4) is 17.1 Å². The molecule has 4 aromatic heterocycles. The molecule has 4 heterocycles. The van der Waals surface area contributed by atoms with Crippen LogP contribution in [0.3, 0.4) is 0 Å². The third-order valence-corrected chi connectivity index (χ3v) is 6.03. The highest BCUT2D eigenvalue weighted by atomic mass is 19.4. The van der Waals surface area contributed by atoms with Gasteiger partial charge >= 0.3 is 6.18 Å². The molecule has 1 aliphatic rings. The molecular weight excluding hydrogens is 449 g/mol. The number of nitrogens with zero attached hydrogens (tertiary/aromatic N) is 7. The van der Waals surface area contributed by atoms with Crippen LogP contribution in [0.1, 0.15) is 37.4 Å². The molecule has 0 atom stereocenters. The van der Waals surface area contributed by atoms with Crippen molar-refractivity contribution >= 4 is 16.7 Å². The van der Waals surface area contributed by atoms with E-state index >= 15 is 0 Å². The van der Waals surface area contributed by atoms with E-state index in [0.29, 0.717) is 25.7 Å². The number of pyridine rings is 1. The lowest BCUT2D eigenvalue weighted by Gasteiger charge is -2.29. The Bertz CT molecular complexity index is 1310. The van der Waals surface area contributed by atoms with Crippen LogP contribution in [0.15, 0.2) is 37.1 Å². The quantitative estimate of drug-likeness (QED) is 0.464. The Balaban J connectivity index is 1.39. The van der Waals surface area contributed by atoms with Crippen molar-refractivity contribution in [3.63, 3.8) is 0 Å². The molecule has 0 aromatic carbocycles. The highest BCUT2D eigenvalue weighted by Gasteiger charge is 2.38. The Morgan fingerprint density at radius 2 is 1.82 bits per heavy atom. The second-order valence-electron chi connectivity index (χ2n) is 8.29. The summed E-state index contributed by atoms with van der Waals surface area (Å²) < 4.78 is 49.1. The smallest absolute Gasteiger partial charge is 0.438 e. The van der Waals surface area contributed by atoms with Crippen molar-refractivity contribution in [2.75, 3.05) is 12.4 Å². The number of alkyl halides is 3. The number of hydrogen-bond donors (Lipinski definition) is 1. The zero-order chi connectivity index (χ0) is 23.9. The molecule has 4 aromatic rings. The Morgan fingerprint density at radius 1 is 1.06 bits per heavy atom. The normalized spacial score (nSPS) is 18.9. The minimum absolute atomic E-state index is 0.0730. The average molecular weight is 472 g/mol. The van der Waals surface area contributed by atoms with Crippen LogP contribution in [0.25, 0.3) is 22.2 Å². The highest BCUT2D eigenvalue weighted by molar-refractivity contribution is 5.93. The fourth-order valence-corrected chi connectivity index (χ4v) is 4.38. The second-order valence-corrected chi connectivity index (χ2v) is 8.29. The van der Waals surface area contributed by atoms with E-state index in [0.717, 1.165) is 34.2 Å². The molecule has 12 heteroatoms. The number of anilines is 1. The molecule has 9 nitrogen and oxygen atoms in total. The Morgan fingerprint density at radius 3 is 2.50 bits per heavy atom. The number of aromatic nitrogens is 7. The van der Waals surface area contributed by atoms with E-state index in [2.05, 4.69) is 25.4 Å². The van der Waals surface area contributed by atoms with Gasteiger partial charge in [-0.2, -0.15) is 23.4 Å². The minimum Gasteiger partial charge on any atom is -0.473 e. The first-order chi connectivity index (χ1) is 16.3. The van der Waals surface area contributed by atoms with Crippen LogP contribution in [0, 0.1) is 0 Å². The lowest BCUT2D eigenvalue weighted by atomic mass is 9.93. The first-order valence-electron chi connectivity index (χ1n) is 10.9. The van der Waals surface area contributed by atoms with Gasteiger partial charge in [0.2, 0.25) is 11.6 Å². The average Bonchev–Trinajstić information content (AvgIpc) is 3.42. The maximum Gasteiger partial charge on any atom is 0.438 e. The Kier molecular flexibility index (Phi) is 5.58. The van der Waals surface area contributed by atoms with E-state index in [1.165, 1.54) is 6.20 Å². The van der Waals surface area contributed by atoms with E-state index in [1.54, 1.807) is 24.1 Å². The van der Waals surface area contributed by atoms with Crippen molar-refractivity contribution in [2.45, 2.75) is 44.0 Å². The number of hydrogen-bond acceptors (Lipinski definition) is 7. The van der Waals surface area contributed by atoms with E-state index in [-0.39, 0.29) is 12.1 Å². The number of ether oxygens (including phenoxy) is 1. The van der Waals surface area contributed by atoms with Gasteiger partial charge in [-0.05, 0) is 25.7 Å². The van der Waals surface area contributed by atoms with Gasteiger partial charge < -0.3 is 10.1 Å². The van der Waals surface area contributed by atoms with E-state index in [4.69, 9.17) is 9.84 Å². The molecule has 0 saturated heterocycles. The molecule has 178 valence electrons. The highest BCUT2D eigenvalue weighted by Crippen LogP contribution is 2.38. The van der Waals surface area contributed by atoms with Gasteiger partial charge in [-0.3, -0.25) is 9.36 Å². The molecular formula is C22H23F3N8O. The molecule has 0 aliphatic heterocycles. The van der Waals surface area contributed by atoms with Crippen LogP contribution >= 0.6 is 0 Å². The summed E-state index contributed by atoms with van der Waals surface area (Å²) >= 11 is 0. The van der Waals surface area contributed by atoms with E-state index in [9.17, 15) is 13.2 Å². The SMILES string of the molecule is CNc1cc2c(cn1)c(-c1cnn(C)c1)nn2C1CCC(Oc2nccnc2C(F)(F)F)CC1. The molecule has 1 N–H and O–H groups in total. The molecule has 0 radical (unpaired) electrons. The standard InChI is InChI=1S/C22H23F3N8O/c1-26-18-9-17-16(11-29-18)19(13-10-30-32(2)12-13)31-33(17)14-3-5-15(6-4-14)34-21-20(22(23,24)25)27-7-8-28-21/h7-12,14-15H,3-6H2,1-2H3,(H,26,29). The largest absolute Gasteiger partial charge is 0.473 e. The predicted octanol–water partition coefficient (Wildman–Crippen LogP) is 4.25. The fourth-order valence-electron chi connectivity index (χ4n) is 4.38. The molecule has 5 rings (SSSR count). The van der Waals surface area contributed by atoms with Crippen LogP contribution in [0.4, 0.5) is 19.0 Å². The lowest BCUT2D eigenvalue weighted by molar-refractivity contribution is -0.143. The first-order valence-corrected chi connectivity index (χ1v) is 10.9. The summed E-state index contributed by atoms with van der Waals surface area (Å²) in [5, 5.41) is 13.1. The zero-order valence-electron chi connectivity index (χ0n) is 18.6. The van der Waals surface area contributed by atoms with E-state index < -0.39 is 17.8 Å². The van der Waals surface area contributed by atoms with Gasteiger partial charge in [-0.15, -0.1) is 0 Å². The van der Waals surface area contributed by atoms with Gasteiger partial charge in [0.25, 0.3) is 0 Å². The summed E-state index contributed by atoms with van der Waals surface area (Å²) in [6.45, 7) is 0. The van der Waals surface area contributed by atoms with Crippen LogP contribution in [0.2, 0.25) is 0 Å². The van der Waals surface area contributed by atoms with Crippen LogP contribution < -0.4 is 10.1 Å². The van der Waals surface area contributed by atoms with E-state index in [1.807, 2.05) is 24.0 Å². The maximum absolute atomic E-state index is 13.2. The number of rotatable bonds is 5. The first kappa shape index (κ1) is 22.1. The number of halogens is 3. The van der Waals surface area contributed by atoms with Crippen molar-refractivity contribution in [1.82, 2.24) is 34.5 Å². The van der Waals surface area contributed by atoms with Gasteiger partial charge in [0.15, 0.2) is 0 Å². The van der Waals surface area contributed by atoms with Gasteiger partial charge in [-0.1, -0.05) is 0 Å². The van der Waals surface area contributed by atoms with Gasteiger partial charge in [0.05, 0.1) is 17.8 Å². The maximum atomic E-state index is 13.2. The number of aryl methyl sites for hydroxylation is 1. The summed E-state index contributed by atoms with van der Waals surface area (Å²) in [5.41, 5.74) is 1.54.